The third kappa shape index (κ3) is 1.67. The van der Waals surface area contributed by atoms with Crippen LogP contribution in [0.15, 0.2) is 15.0 Å². The van der Waals surface area contributed by atoms with Crippen LogP contribution < -0.4 is 4.74 Å². The summed E-state index contributed by atoms with van der Waals surface area (Å²) < 4.78 is 7.23. The topological polar surface area (TPSA) is 9.23 Å². The number of ether oxygens (including phenoxy) is 1. The predicted octanol–water partition coefficient (Wildman–Crippen LogP) is 3.84. The van der Waals surface area contributed by atoms with Crippen molar-refractivity contribution in [2.24, 2.45) is 0 Å². The van der Waals surface area contributed by atoms with Crippen molar-refractivity contribution in [2.75, 3.05) is 7.11 Å². The molecule has 0 fully saturated rings. The van der Waals surface area contributed by atoms with Gasteiger partial charge in [-0.2, -0.15) is 0 Å². The summed E-state index contributed by atoms with van der Waals surface area (Å²) >= 11 is 6.92. The first-order chi connectivity index (χ1) is 5.57. The molecule has 1 rings (SSSR count). The van der Waals surface area contributed by atoms with Gasteiger partial charge in [-0.25, -0.2) is 0 Å². The fourth-order valence-electron chi connectivity index (χ4n) is 0.999. The first-order valence-corrected chi connectivity index (χ1v) is 5.15. The highest BCUT2D eigenvalue weighted by Crippen LogP contribution is 2.37. The van der Waals surface area contributed by atoms with Gasteiger partial charge in [-0.1, -0.05) is 0 Å². The first-order valence-electron chi connectivity index (χ1n) is 3.57. The maximum Gasteiger partial charge on any atom is 0.147 e. The molecule has 0 saturated heterocycles. The molecule has 66 valence electrons. The molecule has 0 saturated carbocycles. The van der Waals surface area contributed by atoms with Crippen LogP contribution in [-0.4, -0.2) is 7.11 Å². The van der Waals surface area contributed by atoms with E-state index in [1.807, 2.05) is 0 Å². The van der Waals surface area contributed by atoms with Crippen LogP contribution in [0.25, 0.3) is 0 Å². The molecular formula is C9H10Br2O. The van der Waals surface area contributed by atoms with Crippen LogP contribution in [0, 0.1) is 13.8 Å². The van der Waals surface area contributed by atoms with Crippen LogP contribution in [0.4, 0.5) is 0 Å². The summed E-state index contributed by atoms with van der Waals surface area (Å²) in [4.78, 5) is 0. The largest absolute Gasteiger partial charge is 0.494 e. The van der Waals surface area contributed by atoms with Gasteiger partial charge in [0.1, 0.15) is 5.75 Å². The van der Waals surface area contributed by atoms with Crippen molar-refractivity contribution in [3.05, 3.63) is 26.1 Å². The molecule has 1 aromatic rings. The molecule has 0 aliphatic rings. The molecule has 0 aliphatic carbocycles. The minimum absolute atomic E-state index is 0.859. The van der Waals surface area contributed by atoms with Crippen LogP contribution in [-0.2, 0) is 0 Å². The predicted molar refractivity (Wildman–Crippen MR) is 57.9 cm³/mol. The first kappa shape index (κ1) is 10.1. The molecule has 0 radical (unpaired) electrons. The van der Waals surface area contributed by atoms with E-state index in [4.69, 9.17) is 4.74 Å². The quantitative estimate of drug-likeness (QED) is 0.764. The van der Waals surface area contributed by atoms with E-state index in [9.17, 15) is 0 Å². The molecule has 0 aromatic heterocycles. The second kappa shape index (κ2) is 3.79. The van der Waals surface area contributed by atoms with Gasteiger partial charge in [0.15, 0.2) is 0 Å². The Balaban J connectivity index is 3.40. The molecule has 0 aliphatic heterocycles. The summed E-state index contributed by atoms with van der Waals surface area (Å²) in [5, 5.41) is 0. The van der Waals surface area contributed by atoms with Gasteiger partial charge in [0.2, 0.25) is 0 Å². The number of hydrogen-bond donors (Lipinski definition) is 0. The Kier molecular flexibility index (Phi) is 3.18. The minimum atomic E-state index is 0.859. The Hall–Kier alpha value is -0.0200. The molecular weight excluding hydrogens is 284 g/mol. The summed E-state index contributed by atoms with van der Waals surface area (Å²) in [7, 11) is 1.67. The molecule has 0 unspecified atom stereocenters. The second-order valence-corrected chi connectivity index (χ2v) is 4.29. The van der Waals surface area contributed by atoms with E-state index in [2.05, 4.69) is 51.8 Å². The molecule has 12 heavy (non-hydrogen) atoms. The monoisotopic (exact) mass is 292 g/mol. The van der Waals surface area contributed by atoms with Crippen molar-refractivity contribution < 1.29 is 4.74 Å². The smallest absolute Gasteiger partial charge is 0.147 e. The van der Waals surface area contributed by atoms with Gasteiger partial charge in [0, 0.05) is 0 Å². The Morgan fingerprint density at radius 1 is 1.25 bits per heavy atom. The molecule has 0 spiro atoms. The number of benzene rings is 1. The molecule has 1 aromatic carbocycles. The van der Waals surface area contributed by atoms with Crippen LogP contribution in [0.1, 0.15) is 11.1 Å². The highest BCUT2D eigenvalue weighted by atomic mass is 79.9. The van der Waals surface area contributed by atoms with Crippen molar-refractivity contribution in [3.8, 4) is 5.75 Å². The van der Waals surface area contributed by atoms with Gasteiger partial charge in [-0.05, 0) is 62.9 Å². The maximum absolute atomic E-state index is 5.22. The fourth-order valence-corrected chi connectivity index (χ4v) is 2.66. The maximum atomic E-state index is 5.22. The van der Waals surface area contributed by atoms with Gasteiger partial charge >= 0.3 is 0 Å². The number of methoxy groups -OCH3 is 1. The average Bonchev–Trinajstić information content (AvgIpc) is 2.01. The summed E-state index contributed by atoms with van der Waals surface area (Å²) in [6.07, 6.45) is 0. The minimum Gasteiger partial charge on any atom is -0.494 e. The van der Waals surface area contributed by atoms with Crippen LogP contribution in [0.3, 0.4) is 0 Å². The number of halogens is 2. The highest BCUT2D eigenvalue weighted by Gasteiger charge is 2.09. The zero-order valence-corrected chi connectivity index (χ0v) is 10.4. The molecule has 0 amide bonds. The van der Waals surface area contributed by atoms with Crippen LogP contribution in [0.5, 0.6) is 5.75 Å². The van der Waals surface area contributed by atoms with Gasteiger partial charge in [-0.3, -0.25) is 0 Å². The molecule has 0 heterocycles. The standard InChI is InChI=1S/C9H10Br2O/c1-5-4-7(10)9(12-3)8(11)6(5)2/h4H,1-3H3. The third-order valence-electron chi connectivity index (χ3n) is 1.88. The van der Waals surface area contributed by atoms with Crippen molar-refractivity contribution >= 4 is 31.9 Å². The van der Waals surface area contributed by atoms with Crippen molar-refractivity contribution in [3.63, 3.8) is 0 Å². The third-order valence-corrected chi connectivity index (χ3v) is 3.43. The Labute approximate surface area is 89.4 Å². The van der Waals surface area contributed by atoms with Gasteiger partial charge in [0.05, 0.1) is 16.1 Å². The lowest BCUT2D eigenvalue weighted by atomic mass is 10.1. The summed E-state index contributed by atoms with van der Waals surface area (Å²) in [5.41, 5.74) is 2.46. The summed E-state index contributed by atoms with van der Waals surface area (Å²) in [6.45, 7) is 4.14. The normalized spacial score (nSPS) is 10.1. The molecule has 1 nitrogen and oxygen atoms in total. The van der Waals surface area contributed by atoms with Gasteiger partial charge in [0.25, 0.3) is 0 Å². The Morgan fingerprint density at radius 3 is 2.33 bits per heavy atom. The molecule has 0 N–H and O–H groups in total. The van der Waals surface area contributed by atoms with E-state index in [0.29, 0.717) is 0 Å². The van der Waals surface area contributed by atoms with Crippen molar-refractivity contribution in [1.29, 1.82) is 0 Å². The Morgan fingerprint density at radius 2 is 1.83 bits per heavy atom. The number of rotatable bonds is 1. The lowest BCUT2D eigenvalue weighted by Gasteiger charge is -2.10. The summed E-state index contributed by atoms with van der Waals surface area (Å²) in [6, 6.07) is 2.05. The van der Waals surface area contributed by atoms with E-state index in [-0.39, 0.29) is 0 Å². The second-order valence-electron chi connectivity index (χ2n) is 2.65. The van der Waals surface area contributed by atoms with Crippen LogP contribution in [0.2, 0.25) is 0 Å². The zero-order chi connectivity index (χ0) is 9.30. The van der Waals surface area contributed by atoms with Gasteiger partial charge in [-0.15, -0.1) is 0 Å². The average molecular weight is 294 g/mol. The molecule has 3 heteroatoms. The SMILES string of the molecule is COc1c(Br)cc(C)c(C)c1Br. The van der Waals surface area contributed by atoms with E-state index >= 15 is 0 Å². The number of aryl methyl sites for hydroxylation is 1. The number of hydrogen-bond acceptors (Lipinski definition) is 1. The van der Waals surface area contributed by atoms with Gasteiger partial charge < -0.3 is 4.74 Å². The molecule has 0 bridgehead atoms. The molecule has 0 atom stereocenters. The Bertz CT molecular complexity index is 308. The van der Waals surface area contributed by atoms with Crippen molar-refractivity contribution in [2.45, 2.75) is 13.8 Å². The van der Waals surface area contributed by atoms with E-state index in [0.717, 1.165) is 14.7 Å². The summed E-state index contributed by atoms with van der Waals surface area (Å²) in [5.74, 6) is 0.859. The van der Waals surface area contributed by atoms with E-state index in [1.54, 1.807) is 7.11 Å². The highest BCUT2D eigenvalue weighted by molar-refractivity contribution is 9.11. The lowest BCUT2D eigenvalue weighted by Crippen LogP contribution is -1.91. The lowest BCUT2D eigenvalue weighted by molar-refractivity contribution is 0.409. The van der Waals surface area contributed by atoms with E-state index < -0.39 is 0 Å². The van der Waals surface area contributed by atoms with E-state index in [1.165, 1.54) is 11.1 Å². The zero-order valence-electron chi connectivity index (χ0n) is 7.24. The van der Waals surface area contributed by atoms with Crippen molar-refractivity contribution in [1.82, 2.24) is 0 Å². The fraction of sp³-hybridized carbons (Fsp3) is 0.333. The van der Waals surface area contributed by atoms with Crippen LogP contribution >= 0.6 is 31.9 Å².